The van der Waals surface area contributed by atoms with E-state index in [4.69, 9.17) is 4.18 Å². The molecule has 0 aliphatic rings. The molecule has 0 unspecified atom stereocenters. The van der Waals surface area contributed by atoms with Crippen LogP contribution in [-0.2, 0) is 10.1 Å². The molecule has 2 rings (SSSR count). The van der Waals surface area contributed by atoms with E-state index in [2.05, 4.69) is 0 Å². The summed E-state index contributed by atoms with van der Waals surface area (Å²) in [7, 11) is -3.71. The minimum atomic E-state index is -3.71. The Morgan fingerprint density at radius 3 is 1.81 bits per heavy atom. The predicted octanol–water partition coefficient (Wildman–Crippen LogP) is 2.45. The largest absolute Gasteiger partial charge is 0.379 e. The molecule has 2 aromatic carbocycles. The molecule has 0 spiro atoms. The Hall–Kier alpha value is -1.81. The Labute approximate surface area is 94.4 Å². The average Bonchev–Trinajstić information content (AvgIpc) is 2.31. The summed E-state index contributed by atoms with van der Waals surface area (Å²) in [6, 6.07) is 16.5. The maximum Gasteiger partial charge on any atom is 0.339 e. The monoisotopic (exact) mass is 234 g/mol. The van der Waals surface area contributed by atoms with Crippen LogP contribution < -0.4 is 4.18 Å². The first-order chi connectivity index (χ1) is 7.68. The summed E-state index contributed by atoms with van der Waals surface area (Å²) in [4.78, 5) is 0.152. The van der Waals surface area contributed by atoms with Gasteiger partial charge in [0.15, 0.2) is 0 Å². The molecule has 0 aliphatic carbocycles. The highest BCUT2D eigenvalue weighted by molar-refractivity contribution is 7.87. The van der Waals surface area contributed by atoms with Crippen molar-refractivity contribution >= 4 is 10.1 Å². The Bertz CT molecular complexity index is 547. The Morgan fingerprint density at radius 2 is 1.25 bits per heavy atom. The molecule has 16 heavy (non-hydrogen) atoms. The Kier molecular flexibility index (Phi) is 2.92. The molecule has 0 aliphatic heterocycles. The summed E-state index contributed by atoms with van der Waals surface area (Å²) in [6.45, 7) is 0. The van der Waals surface area contributed by atoms with Crippen molar-refractivity contribution in [2.45, 2.75) is 4.90 Å². The van der Waals surface area contributed by atoms with E-state index in [1.165, 1.54) is 12.1 Å². The first kappa shape index (κ1) is 10.7. The molecular formula is C12H10O3S. The van der Waals surface area contributed by atoms with E-state index in [1.807, 2.05) is 0 Å². The second-order valence-corrected chi connectivity index (χ2v) is 4.71. The smallest absolute Gasteiger partial charge is 0.339 e. The van der Waals surface area contributed by atoms with Crippen LogP contribution in [0.1, 0.15) is 0 Å². The van der Waals surface area contributed by atoms with E-state index < -0.39 is 10.1 Å². The van der Waals surface area contributed by atoms with Crippen molar-refractivity contribution in [3.63, 3.8) is 0 Å². The molecule has 0 saturated carbocycles. The van der Waals surface area contributed by atoms with E-state index in [-0.39, 0.29) is 4.90 Å². The summed E-state index contributed by atoms with van der Waals surface area (Å²) in [5, 5.41) is 0. The Morgan fingerprint density at radius 1 is 0.750 bits per heavy atom. The molecule has 0 heterocycles. The maximum atomic E-state index is 11.8. The van der Waals surface area contributed by atoms with Gasteiger partial charge in [0.25, 0.3) is 0 Å². The van der Waals surface area contributed by atoms with Gasteiger partial charge in [-0.25, -0.2) is 0 Å². The minimum absolute atomic E-state index is 0.152. The molecule has 0 saturated heterocycles. The first-order valence-electron chi connectivity index (χ1n) is 4.73. The fourth-order valence-electron chi connectivity index (χ4n) is 1.24. The predicted molar refractivity (Wildman–Crippen MR) is 60.7 cm³/mol. The van der Waals surface area contributed by atoms with Crippen LogP contribution in [0.5, 0.6) is 5.75 Å². The van der Waals surface area contributed by atoms with Crippen molar-refractivity contribution in [2.75, 3.05) is 0 Å². The highest BCUT2D eigenvalue weighted by Gasteiger charge is 2.15. The van der Waals surface area contributed by atoms with Gasteiger partial charge in [-0.2, -0.15) is 8.42 Å². The number of para-hydroxylation sites is 1. The van der Waals surface area contributed by atoms with Crippen LogP contribution in [0.2, 0.25) is 0 Å². The lowest BCUT2D eigenvalue weighted by Gasteiger charge is -2.05. The molecule has 0 aromatic heterocycles. The molecule has 0 bridgehead atoms. The summed E-state index contributed by atoms with van der Waals surface area (Å²) < 4.78 is 28.5. The zero-order valence-electron chi connectivity index (χ0n) is 8.41. The topological polar surface area (TPSA) is 43.4 Å². The molecule has 4 heteroatoms. The first-order valence-corrected chi connectivity index (χ1v) is 6.14. The molecule has 0 radical (unpaired) electrons. The molecule has 0 amide bonds. The maximum absolute atomic E-state index is 11.8. The van der Waals surface area contributed by atoms with Gasteiger partial charge in [-0.05, 0) is 24.3 Å². The van der Waals surface area contributed by atoms with Crippen molar-refractivity contribution in [1.82, 2.24) is 0 Å². The summed E-state index contributed by atoms with van der Waals surface area (Å²) in [6.07, 6.45) is 0. The van der Waals surface area contributed by atoms with Crippen molar-refractivity contribution in [3.8, 4) is 5.75 Å². The third kappa shape index (κ3) is 2.41. The molecule has 0 atom stereocenters. The van der Waals surface area contributed by atoms with E-state index >= 15 is 0 Å². The van der Waals surface area contributed by atoms with Crippen molar-refractivity contribution in [3.05, 3.63) is 60.7 Å². The van der Waals surface area contributed by atoms with Crippen molar-refractivity contribution in [1.29, 1.82) is 0 Å². The number of rotatable bonds is 3. The van der Waals surface area contributed by atoms with Crippen LogP contribution >= 0.6 is 0 Å². The van der Waals surface area contributed by atoms with Crippen molar-refractivity contribution < 1.29 is 12.6 Å². The van der Waals surface area contributed by atoms with Gasteiger partial charge in [0.1, 0.15) is 10.6 Å². The van der Waals surface area contributed by atoms with E-state index in [9.17, 15) is 8.42 Å². The quantitative estimate of drug-likeness (QED) is 0.766. The third-order valence-corrected chi connectivity index (χ3v) is 3.24. The molecule has 3 nitrogen and oxygen atoms in total. The summed E-state index contributed by atoms with van der Waals surface area (Å²) >= 11 is 0. The molecule has 0 N–H and O–H groups in total. The summed E-state index contributed by atoms with van der Waals surface area (Å²) in [5.74, 6) is 0.311. The SMILES string of the molecule is O=S(=O)(Oc1ccccc1)c1ccccc1. The van der Waals surface area contributed by atoms with E-state index in [0.29, 0.717) is 5.75 Å². The number of hydrogen-bond donors (Lipinski definition) is 0. The Balaban J connectivity index is 2.29. The van der Waals surface area contributed by atoms with Gasteiger partial charge in [-0.1, -0.05) is 36.4 Å². The highest BCUT2D eigenvalue weighted by Crippen LogP contribution is 2.17. The molecule has 2 aromatic rings. The van der Waals surface area contributed by atoms with Gasteiger partial charge >= 0.3 is 10.1 Å². The zero-order valence-corrected chi connectivity index (χ0v) is 9.22. The zero-order chi connectivity index (χ0) is 11.4. The van der Waals surface area contributed by atoms with Gasteiger partial charge in [0.2, 0.25) is 0 Å². The van der Waals surface area contributed by atoms with Gasteiger partial charge in [0, 0.05) is 0 Å². The second kappa shape index (κ2) is 4.37. The molecule has 0 fully saturated rings. The highest BCUT2D eigenvalue weighted by atomic mass is 32.2. The fraction of sp³-hybridized carbons (Fsp3) is 0. The van der Waals surface area contributed by atoms with Crippen molar-refractivity contribution in [2.24, 2.45) is 0 Å². The van der Waals surface area contributed by atoms with Crippen LogP contribution in [0.25, 0.3) is 0 Å². The number of benzene rings is 2. The van der Waals surface area contributed by atoms with Crippen LogP contribution in [0.15, 0.2) is 65.6 Å². The number of hydrogen-bond acceptors (Lipinski definition) is 3. The molecular weight excluding hydrogens is 224 g/mol. The van der Waals surface area contributed by atoms with Gasteiger partial charge in [-0.3, -0.25) is 0 Å². The van der Waals surface area contributed by atoms with Gasteiger partial charge in [0.05, 0.1) is 0 Å². The third-order valence-electron chi connectivity index (χ3n) is 1.98. The van der Waals surface area contributed by atoms with Gasteiger partial charge < -0.3 is 4.18 Å². The summed E-state index contributed by atoms with van der Waals surface area (Å²) in [5.41, 5.74) is 0. The van der Waals surface area contributed by atoms with Crippen LogP contribution in [-0.4, -0.2) is 8.42 Å². The van der Waals surface area contributed by atoms with E-state index in [0.717, 1.165) is 0 Å². The lowest BCUT2D eigenvalue weighted by molar-refractivity contribution is 0.486. The standard InChI is InChI=1S/C12H10O3S/c13-16(14,12-9-5-2-6-10-12)15-11-7-3-1-4-8-11/h1-10H. The lowest BCUT2D eigenvalue weighted by Crippen LogP contribution is -2.09. The second-order valence-electron chi connectivity index (χ2n) is 3.16. The lowest BCUT2D eigenvalue weighted by atomic mass is 10.3. The van der Waals surface area contributed by atoms with Crippen LogP contribution in [0.4, 0.5) is 0 Å². The normalized spacial score (nSPS) is 11.0. The van der Waals surface area contributed by atoms with E-state index in [1.54, 1.807) is 48.5 Å². The minimum Gasteiger partial charge on any atom is -0.379 e. The van der Waals surface area contributed by atoms with Crippen LogP contribution in [0, 0.1) is 0 Å². The molecule has 82 valence electrons. The van der Waals surface area contributed by atoms with Gasteiger partial charge in [-0.15, -0.1) is 0 Å². The van der Waals surface area contributed by atoms with Crippen LogP contribution in [0.3, 0.4) is 0 Å². The average molecular weight is 234 g/mol. The fourth-order valence-corrected chi connectivity index (χ4v) is 2.19.